The first-order chi connectivity index (χ1) is 14.7. The number of anilines is 4. The van der Waals surface area contributed by atoms with Gasteiger partial charge in [0, 0.05) is 28.4 Å². The van der Waals surface area contributed by atoms with Crippen LogP contribution < -0.4 is 9.80 Å². The molecule has 2 aromatic carbocycles. The second-order valence-electron chi connectivity index (χ2n) is 7.61. The lowest BCUT2D eigenvalue weighted by molar-refractivity contribution is 0.648. The minimum atomic E-state index is 0.0332. The van der Waals surface area contributed by atoms with Gasteiger partial charge in [0.1, 0.15) is 6.17 Å². The van der Waals surface area contributed by atoms with E-state index in [0.29, 0.717) is 5.71 Å². The Balaban J connectivity index is 1.59. The zero-order valence-electron chi connectivity index (χ0n) is 16.8. The number of aromatic nitrogens is 2. The molecule has 5 nitrogen and oxygen atoms in total. The van der Waals surface area contributed by atoms with Gasteiger partial charge in [-0.3, -0.25) is 4.90 Å². The Bertz CT molecular complexity index is 1390. The summed E-state index contributed by atoms with van der Waals surface area (Å²) in [4.78, 5) is 13.9. The molecule has 3 aromatic heterocycles. The van der Waals surface area contributed by atoms with Gasteiger partial charge in [-0.25, -0.2) is 9.97 Å². The predicted molar refractivity (Wildman–Crippen MR) is 121 cm³/mol. The fourth-order valence-corrected chi connectivity index (χ4v) is 4.46. The summed E-state index contributed by atoms with van der Waals surface area (Å²) >= 11 is 0. The molecular weight excluding hydrogens is 372 g/mol. The fourth-order valence-electron chi connectivity index (χ4n) is 4.46. The molecule has 0 saturated heterocycles. The van der Waals surface area contributed by atoms with Gasteiger partial charge in [0.05, 0.1) is 11.4 Å². The summed E-state index contributed by atoms with van der Waals surface area (Å²) in [6.07, 6.45) is 1.88. The Morgan fingerprint density at radius 2 is 1.63 bits per heavy atom. The average molecular weight is 392 g/mol. The summed E-state index contributed by atoms with van der Waals surface area (Å²) in [5.41, 5.74) is 5.66. The third-order valence-electron chi connectivity index (χ3n) is 5.78. The van der Waals surface area contributed by atoms with Gasteiger partial charge < -0.3 is 9.32 Å². The molecule has 0 bridgehead atoms. The van der Waals surface area contributed by atoms with Crippen molar-refractivity contribution in [3.05, 3.63) is 84.7 Å². The van der Waals surface area contributed by atoms with Crippen LogP contribution in [0, 0.1) is 6.92 Å². The summed E-state index contributed by atoms with van der Waals surface area (Å²) in [6, 6.07) is 24.9. The van der Waals surface area contributed by atoms with E-state index < -0.39 is 0 Å². The summed E-state index contributed by atoms with van der Waals surface area (Å²) in [5, 5.41) is 2.10. The molecular formula is C25H20N4O. The monoisotopic (exact) mass is 392 g/mol. The highest BCUT2D eigenvalue weighted by Gasteiger charge is 2.37. The Kier molecular flexibility index (Phi) is 3.59. The maximum Gasteiger partial charge on any atom is 0.227 e. The molecule has 4 heterocycles. The SMILES string of the molecule is Cc1ccc2c(n1)oc1c(N3c4ncccc4N(c4ccccc4)[C@@H]3C)cccc12. The van der Waals surface area contributed by atoms with Crippen LogP contribution in [0.25, 0.3) is 22.1 Å². The van der Waals surface area contributed by atoms with Gasteiger partial charge in [-0.15, -0.1) is 0 Å². The number of aryl methyl sites for hydroxylation is 1. The van der Waals surface area contributed by atoms with Crippen molar-refractivity contribution >= 4 is 44.9 Å². The van der Waals surface area contributed by atoms with Crippen molar-refractivity contribution in [1.29, 1.82) is 0 Å². The van der Waals surface area contributed by atoms with E-state index in [1.807, 2.05) is 31.3 Å². The maximum atomic E-state index is 6.28. The molecule has 0 spiro atoms. The molecule has 6 rings (SSSR count). The molecule has 0 saturated carbocycles. The standard InChI is InChI=1S/C25H20N4O/c1-16-13-14-20-19-10-6-11-21(23(19)30-25(20)27-16)29-17(2)28(18-8-4-3-5-9-18)22-12-7-15-26-24(22)29/h3-15,17H,1-2H3/t17-/m0/s1. The molecule has 1 aliphatic rings. The molecule has 146 valence electrons. The van der Waals surface area contributed by atoms with Crippen molar-refractivity contribution in [2.45, 2.75) is 20.0 Å². The first-order valence-electron chi connectivity index (χ1n) is 10.1. The molecule has 5 heteroatoms. The highest BCUT2D eigenvalue weighted by molar-refractivity contribution is 6.09. The van der Waals surface area contributed by atoms with Crippen molar-refractivity contribution in [2.75, 3.05) is 9.80 Å². The highest BCUT2D eigenvalue weighted by atomic mass is 16.3. The molecule has 1 atom stereocenters. The van der Waals surface area contributed by atoms with Crippen molar-refractivity contribution in [3.8, 4) is 0 Å². The van der Waals surface area contributed by atoms with Crippen LogP contribution in [0.3, 0.4) is 0 Å². The van der Waals surface area contributed by atoms with Crippen molar-refractivity contribution < 1.29 is 4.42 Å². The van der Waals surface area contributed by atoms with E-state index in [2.05, 4.69) is 76.3 Å². The van der Waals surface area contributed by atoms with Crippen molar-refractivity contribution in [3.63, 3.8) is 0 Å². The van der Waals surface area contributed by atoms with E-state index in [-0.39, 0.29) is 6.17 Å². The van der Waals surface area contributed by atoms with Gasteiger partial charge in [-0.2, -0.15) is 0 Å². The van der Waals surface area contributed by atoms with E-state index in [0.717, 1.165) is 44.9 Å². The van der Waals surface area contributed by atoms with Gasteiger partial charge in [-0.1, -0.05) is 30.3 Å². The molecule has 0 aliphatic carbocycles. The first-order valence-corrected chi connectivity index (χ1v) is 10.1. The number of para-hydroxylation sites is 2. The zero-order chi connectivity index (χ0) is 20.2. The molecule has 0 fully saturated rings. The molecule has 0 amide bonds. The normalized spacial score (nSPS) is 15.9. The lowest BCUT2D eigenvalue weighted by Gasteiger charge is -2.29. The smallest absolute Gasteiger partial charge is 0.227 e. The topological polar surface area (TPSA) is 45.4 Å². The molecule has 0 unspecified atom stereocenters. The van der Waals surface area contributed by atoms with Gasteiger partial charge in [0.25, 0.3) is 0 Å². The van der Waals surface area contributed by atoms with E-state index in [1.54, 1.807) is 0 Å². The third-order valence-corrected chi connectivity index (χ3v) is 5.78. The lowest BCUT2D eigenvalue weighted by atomic mass is 10.1. The van der Waals surface area contributed by atoms with Crippen LogP contribution in [0.15, 0.2) is 83.4 Å². The minimum absolute atomic E-state index is 0.0332. The zero-order valence-corrected chi connectivity index (χ0v) is 16.8. The summed E-state index contributed by atoms with van der Waals surface area (Å²) in [6.45, 7) is 4.17. The maximum absolute atomic E-state index is 6.28. The van der Waals surface area contributed by atoms with Gasteiger partial charge in [0.15, 0.2) is 11.4 Å². The summed E-state index contributed by atoms with van der Waals surface area (Å²) in [5.74, 6) is 0.922. The highest BCUT2D eigenvalue weighted by Crippen LogP contribution is 2.48. The van der Waals surface area contributed by atoms with Crippen LogP contribution in [0.4, 0.5) is 22.9 Å². The van der Waals surface area contributed by atoms with E-state index in [4.69, 9.17) is 9.40 Å². The Labute approximate surface area is 174 Å². The van der Waals surface area contributed by atoms with Crippen molar-refractivity contribution in [2.24, 2.45) is 0 Å². The number of hydrogen-bond donors (Lipinski definition) is 0. The van der Waals surface area contributed by atoms with E-state index >= 15 is 0 Å². The summed E-state index contributed by atoms with van der Waals surface area (Å²) < 4.78 is 6.28. The summed E-state index contributed by atoms with van der Waals surface area (Å²) in [7, 11) is 0. The second kappa shape index (κ2) is 6.32. The molecule has 30 heavy (non-hydrogen) atoms. The van der Waals surface area contributed by atoms with E-state index in [9.17, 15) is 0 Å². The Hall–Kier alpha value is -3.86. The third kappa shape index (κ3) is 2.35. The largest absolute Gasteiger partial charge is 0.435 e. The average Bonchev–Trinajstić information content (AvgIpc) is 3.28. The number of fused-ring (bicyclic) bond motifs is 4. The number of rotatable bonds is 2. The number of furan rings is 1. The predicted octanol–water partition coefficient (Wildman–Crippen LogP) is 6.32. The van der Waals surface area contributed by atoms with Gasteiger partial charge >= 0.3 is 0 Å². The molecule has 5 aromatic rings. The first kappa shape index (κ1) is 17.0. The number of pyridine rings is 2. The fraction of sp³-hybridized carbons (Fsp3) is 0.120. The van der Waals surface area contributed by atoms with Gasteiger partial charge in [-0.05, 0) is 56.3 Å². The van der Waals surface area contributed by atoms with Crippen LogP contribution in [-0.4, -0.2) is 16.1 Å². The number of nitrogens with zero attached hydrogens (tertiary/aromatic N) is 4. The lowest BCUT2D eigenvalue weighted by Crippen LogP contribution is -2.35. The second-order valence-corrected chi connectivity index (χ2v) is 7.61. The van der Waals surface area contributed by atoms with Crippen LogP contribution in [-0.2, 0) is 0 Å². The van der Waals surface area contributed by atoms with Crippen LogP contribution in [0.5, 0.6) is 0 Å². The quantitative estimate of drug-likeness (QED) is 0.352. The number of hydrogen-bond acceptors (Lipinski definition) is 5. The van der Waals surface area contributed by atoms with Crippen molar-refractivity contribution in [1.82, 2.24) is 9.97 Å². The van der Waals surface area contributed by atoms with Gasteiger partial charge in [0.2, 0.25) is 5.71 Å². The minimum Gasteiger partial charge on any atom is -0.435 e. The van der Waals surface area contributed by atoms with Crippen LogP contribution in [0.2, 0.25) is 0 Å². The number of benzene rings is 2. The Morgan fingerprint density at radius 1 is 0.800 bits per heavy atom. The molecule has 1 aliphatic heterocycles. The van der Waals surface area contributed by atoms with E-state index in [1.165, 1.54) is 0 Å². The van der Waals surface area contributed by atoms with Crippen LogP contribution >= 0.6 is 0 Å². The molecule has 0 radical (unpaired) electrons. The van der Waals surface area contributed by atoms with Crippen LogP contribution in [0.1, 0.15) is 12.6 Å². The molecule has 0 N–H and O–H groups in total. The Morgan fingerprint density at radius 3 is 2.50 bits per heavy atom.